The van der Waals surface area contributed by atoms with E-state index in [0.29, 0.717) is 19.5 Å². The molecule has 0 saturated heterocycles. The number of halogens is 1. The van der Waals surface area contributed by atoms with Crippen molar-refractivity contribution < 1.29 is 14.0 Å². The van der Waals surface area contributed by atoms with E-state index < -0.39 is 0 Å². The van der Waals surface area contributed by atoms with Gasteiger partial charge in [0.2, 0.25) is 11.8 Å². The van der Waals surface area contributed by atoms with E-state index in [4.69, 9.17) is 0 Å². The number of carbonyl (C=O) groups excluding carboxylic acids is 2. The molecule has 0 spiro atoms. The van der Waals surface area contributed by atoms with Crippen molar-refractivity contribution in [1.29, 1.82) is 0 Å². The highest BCUT2D eigenvalue weighted by Gasteiger charge is 2.12. The molecule has 2 aromatic rings. The van der Waals surface area contributed by atoms with Crippen molar-refractivity contribution in [3.05, 3.63) is 65.0 Å². The quantitative estimate of drug-likeness (QED) is 0.819. The molecule has 0 aliphatic carbocycles. The first-order valence-corrected chi connectivity index (χ1v) is 8.72. The van der Waals surface area contributed by atoms with Gasteiger partial charge in [-0.1, -0.05) is 18.2 Å². The van der Waals surface area contributed by atoms with Crippen LogP contribution in [0.2, 0.25) is 0 Å². The fourth-order valence-corrected chi connectivity index (χ4v) is 2.62. The molecule has 0 aliphatic rings. The fourth-order valence-electron chi connectivity index (χ4n) is 2.62. The van der Waals surface area contributed by atoms with Gasteiger partial charge in [0.15, 0.2) is 0 Å². The molecule has 0 fully saturated rings. The first-order valence-electron chi connectivity index (χ1n) is 8.72. The Labute approximate surface area is 154 Å². The van der Waals surface area contributed by atoms with E-state index in [9.17, 15) is 14.0 Å². The average molecular weight is 356 g/mol. The Hall–Kier alpha value is -2.69. The number of aryl methyl sites for hydroxylation is 2. The largest absolute Gasteiger partial charge is 0.342 e. The van der Waals surface area contributed by atoms with Crippen LogP contribution in [0.3, 0.4) is 0 Å². The van der Waals surface area contributed by atoms with Crippen molar-refractivity contribution in [2.45, 2.75) is 33.6 Å². The molecular weight excluding hydrogens is 331 g/mol. The molecule has 2 rings (SSSR count). The number of anilines is 1. The smallest absolute Gasteiger partial charge is 0.226 e. The van der Waals surface area contributed by atoms with Crippen molar-refractivity contribution in [3.8, 4) is 0 Å². The average Bonchev–Trinajstić information content (AvgIpc) is 2.59. The van der Waals surface area contributed by atoms with Gasteiger partial charge in [-0.05, 0) is 61.2 Å². The van der Waals surface area contributed by atoms with Crippen LogP contribution in [-0.2, 0) is 16.0 Å². The third kappa shape index (κ3) is 5.99. The van der Waals surface area contributed by atoms with Crippen LogP contribution < -0.4 is 5.32 Å². The van der Waals surface area contributed by atoms with Crippen molar-refractivity contribution in [2.75, 3.05) is 18.4 Å². The molecule has 0 bridgehead atoms. The topological polar surface area (TPSA) is 49.4 Å². The molecule has 138 valence electrons. The van der Waals surface area contributed by atoms with Crippen LogP contribution in [0.1, 0.15) is 30.0 Å². The first kappa shape index (κ1) is 19.6. The predicted molar refractivity (Wildman–Crippen MR) is 102 cm³/mol. The van der Waals surface area contributed by atoms with Crippen molar-refractivity contribution >= 4 is 17.5 Å². The van der Waals surface area contributed by atoms with Crippen LogP contribution >= 0.6 is 0 Å². The Morgan fingerprint density at radius 1 is 1.00 bits per heavy atom. The molecule has 0 aliphatic heterocycles. The summed E-state index contributed by atoms with van der Waals surface area (Å²) >= 11 is 0. The summed E-state index contributed by atoms with van der Waals surface area (Å²) in [5.74, 6) is -0.479. The van der Waals surface area contributed by atoms with E-state index in [2.05, 4.69) is 5.32 Å². The van der Waals surface area contributed by atoms with E-state index in [1.165, 1.54) is 24.6 Å². The zero-order chi connectivity index (χ0) is 19.1. The zero-order valence-electron chi connectivity index (χ0n) is 15.5. The molecule has 1 N–H and O–H groups in total. The number of hydrogen-bond donors (Lipinski definition) is 1. The lowest BCUT2D eigenvalue weighted by Crippen LogP contribution is -2.33. The number of benzene rings is 2. The molecular formula is C21H25FN2O2. The monoisotopic (exact) mass is 356 g/mol. The zero-order valence-corrected chi connectivity index (χ0v) is 15.5. The molecule has 0 aromatic heterocycles. The Morgan fingerprint density at radius 3 is 2.31 bits per heavy atom. The normalized spacial score (nSPS) is 10.5. The number of nitrogens with one attached hydrogen (secondary N) is 1. The second-order valence-corrected chi connectivity index (χ2v) is 6.48. The minimum Gasteiger partial charge on any atom is -0.342 e. The summed E-state index contributed by atoms with van der Waals surface area (Å²) < 4.78 is 12.9. The summed E-state index contributed by atoms with van der Waals surface area (Å²) in [6, 6.07) is 12.0. The van der Waals surface area contributed by atoms with Crippen molar-refractivity contribution in [3.63, 3.8) is 0 Å². The Kier molecular flexibility index (Phi) is 6.89. The van der Waals surface area contributed by atoms with Gasteiger partial charge in [-0.2, -0.15) is 0 Å². The summed E-state index contributed by atoms with van der Waals surface area (Å²) in [4.78, 5) is 25.6. The molecule has 2 aromatic carbocycles. The first-order chi connectivity index (χ1) is 12.3. The predicted octanol–water partition coefficient (Wildman–Crippen LogP) is 3.86. The van der Waals surface area contributed by atoms with Gasteiger partial charge in [-0.3, -0.25) is 9.59 Å². The van der Waals surface area contributed by atoms with E-state index in [-0.39, 0.29) is 24.1 Å². The van der Waals surface area contributed by atoms with Crippen LogP contribution in [0.25, 0.3) is 0 Å². The third-order valence-corrected chi connectivity index (χ3v) is 4.43. The highest BCUT2D eigenvalue weighted by atomic mass is 19.1. The van der Waals surface area contributed by atoms with Crippen molar-refractivity contribution in [1.82, 2.24) is 4.90 Å². The van der Waals surface area contributed by atoms with Gasteiger partial charge in [-0.15, -0.1) is 0 Å². The molecule has 26 heavy (non-hydrogen) atoms. The minimum absolute atomic E-state index is 0.0777. The number of rotatable bonds is 7. The molecule has 0 radical (unpaired) electrons. The number of amides is 2. The standard InChI is InChI=1S/C21H25FN2O2/c1-15-4-9-20(14-16(15)2)23-21(26)11-13-24(17(3)25)12-10-18-5-7-19(22)8-6-18/h4-9,14H,10-13H2,1-3H3,(H,23,26). The van der Waals surface area contributed by atoms with E-state index in [1.54, 1.807) is 17.0 Å². The molecule has 5 heteroatoms. The van der Waals surface area contributed by atoms with Gasteiger partial charge in [0.1, 0.15) is 5.82 Å². The molecule has 0 atom stereocenters. The Balaban J connectivity index is 1.84. The SMILES string of the molecule is CC(=O)N(CCC(=O)Nc1ccc(C)c(C)c1)CCc1ccc(F)cc1. The lowest BCUT2D eigenvalue weighted by molar-refractivity contribution is -0.129. The van der Waals surface area contributed by atoms with Gasteiger partial charge in [0.25, 0.3) is 0 Å². The van der Waals surface area contributed by atoms with E-state index in [0.717, 1.165) is 16.8 Å². The lowest BCUT2D eigenvalue weighted by Gasteiger charge is -2.21. The second-order valence-electron chi connectivity index (χ2n) is 6.48. The second kappa shape index (κ2) is 9.13. The van der Waals surface area contributed by atoms with Gasteiger partial charge in [0, 0.05) is 32.1 Å². The number of carbonyl (C=O) groups is 2. The van der Waals surface area contributed by atoms with Gasteiger partial charge >= 0.3 is 0 Å². The summed E-state index contributed by atoms with van der Waals surface area (Å²) in [5, 5.41) is 2.87. The number of nitrogens with zero attached hydrogens (tertiary/aromatic N) is 1. The molecule has 0 heterocycles. The summed E-state index contributed by atoms with van der Waals surface area (Å²) in [5.41, 5.74) is 4.01. The van der Waals surface area contributed by atoms with Gasteiger partial charge < -0.3 is 10.2 Å². The Morgan fingerprint density at radius 2 is 1.69 bits per heavy atom. The maximum Gasteiger partial charge on any atom is 0.226 e. The maximum atomic E-state index is 12.9. The fraction of sp³-hybridized carbons (Fsp3) is 0.333. The van der Waals surface area contributed by atoms with E-state index in [1.807, 2.05) is 32.0 Å². The van der Waals surface area contributed by atoms with Gasteiger partial charge in [-0.25, -0.2) is 4.39 Å². The van der Waals surface area contributed by atoms with Crippen LogP contribution in [0.5, 0.6) is 0 Å². The third-order valence-electron chi connectivity index (χ3n) is 4.43. The summed E-state index contributed by atoms with van der Waals surface area (Å²) in [6.45, 7) is 6.36. The maximum absolute atomic E-state index is 12.9. The minimum atomic E-state index is -0.278. The Bertz CT molecular complexity index is 772. The number of hydrogen-bond acceptors (Lipinski definition) is 2. The van der Waals surface area contributed by atoms with Crippen LogP contribution in [0.4, 0.5) is 10.1 Å². The highest BCUT2D eigenvalue weighted by molar-refractivity contribution is 5.91. The molecule has 2 amide bonds. The van der Waals surface area contributed by atoms with Crippen LogP contribution in [0.15, 0.2) is 42.5 Å². The van der Waals surface area contributed by atoms with Crippen molar-refractivity contribution in [2.24, 2.45) is 0 Å². The lowest BCUT2D eigenvalue weighted by atomic mass is 10.1. The summed E-state index contributed by atoms with van der Waals surface area (Å²) in [6.07, 6.45) is 0.856. The molecule has 0 unspecified atom stereocenters. The highest BCUT2D eigenvalue weighted by Crippen LogP contribution is 2.14. The molecule has 4 nitrogen and oxygen atoms in total. The van der Waals surface area contributed by atoms with Gasteiger partial charge in [0.05, 0.1) is 0 Å². The molecule has 0 saturated carbocycles. The van der Waals surface area contributed by atoms with Crippen LogP contribution in [-0.4, -0.2) is 29.8 Å². The van der Waals surface area contributed by atoms with Crippen LogP contribution in [0, 0.1) is 19.7 Å². The van der Waals surface area contributed by atoms with E-state index >= 15 is 0 Å². The summed E-state index contributed by atoms with van der Waals surface area (Å²) in [7, 11) is 0.